The van der Waals surface area contributed by atoms with Crippen molar-refractivity contribution in [1.29, 1.82) is 0 Å². The van der Waals surface area contributed by atoms with Gasteiger partial charge in [0.2, 0.25) is 0 Å². The van der Waals surface area contributed by atoms with E-state index in [-0.39, 0.29) is 6.04 Å². The molecule has 0 saturated heterocycles. The second-order valence-corrected chi connectivity index (χ2v) is 5.40. The summed E-state index contributed by atoms with van der Waals surface area (Å²) >= 11 is 5.30. The summed E-state index contributed by atoms with van der Waals surface area (Å²) in [5.74, 6) is 0.864. The highest BCUT2D eigenvalue weighted by Gasteiger charge is 2.05. The lowest BCUT2D eigenvalue weighted by molar-refractivity contribution is 0.287. The standard InChI is InChI=1S/C17H20N2OS/c1-13-8-10-15(11-9-13)19-17(21)18-14(2)12-20-16-6-4-3-5-7-16/h3-11,14H,12H2,1-2H3,(H2,18,19,21). The monoisotopic (exact) mass is 300 g/mol. The van der Waals surface area contributed by atoms with Gasteiger partial charge in [-0.1, -0.05) is 35.9 Å². The molecule has 21 heavy (non-hydrogen) atoms. The summed E-state index contributed by atoms with van der Waals surface area (Å²) < 4.78 is 5.68. The van der Waals surface area contributed by atoms with Gasteiger partial charge in [-0.25, -0.2) is 0 Å². The average Bonchev–Trinajstić information content (AvgIpc) is 2.48. The summed E-state index contributed by atoms with van der Waals surface area (Å²) in [5.41, 5.74) is 2.21. The highest BCUT2D eigenvalue weighted by Crippen LogP contribution is 2.09. The van der Waals surface area contributed by atoms with E-state index in [1.54, 1.807) is 0 Å². The molecule has 0 saturated carbocycles. The number of hydrogen-bond donors (Lipinski definition) is 2. The topological polar surface area (TPSA) is 33.3 Å². The normalized spacial score (nSPS) is 11.5. The lowest BCUT2D eigenvalue weighted by Crippen LogP contribution is -2.39. The smallest absolute Gasteiger partial charge is 0.171 e. The molecule has 0 amide bonds. The van der Waals surface area contributed by atoms with Gasteiger partial charge in [-0.15, -0.1) is 0 Å². The molecule has 0 heterocycles. The zero-order valence-electron chi connectivity index (χ0n) is 12.3. The number of benzene rings is 2. The number of nitrogens with one attached hydrogen (secondary N) is 2. The van der Waals surface area contributed by atoms with Gasteiger partial charge in [0, 0.05) is 5.69 Å². The quantitative estimate of drug-likeness (QED) is 0.824. The predicted molar refractivity (Wildman–Crippen MR) is 91.9 cm³/mol. The molecular formula is C17H20N2OS. The third-order valence-electron chi connectivity index (χ3n) is 2.93. The fourth-order valence-corrected chi connectivity index (χ4v) is 2.13. The Balaban J connectivity index is 1.75. The van der Waals surface area contributed by atoms with E-state index in [4.69, 9.17) is 17.0 Å². The first-order chi connectivity index (χ1) is 10.1. The molecule has 0 aromatic heterocycles. The van der Waals surface area contributed by atoms with E-state index in [0.29, 0.717) is 11.7 Å². The van der Waals surface area contributed by atoms with Crippen LogP contribution in [0.2, 0.25) is 0 Å². The molecule has 2 rings (SSSR count). The van der Waals surface area contributed by atoms with Crippen molar-refractivity contribution < 1.29 is 4.74 Å². The Morgan fingerprint density at radius 3 is 2.43 bits per heavy atom. The van der Waals surface area contributed by atoms with Crippen LogP contribution in [0, 0.1) is 6.92 Å². The van der Waals surface area contributed by atoms with E-state index >= 15 is 0 Å². The molecule has 2 N–H and O–H groups in total. The van der Waals surface area contributed by atoms with Gasteiger partial charge in [-0.2, -0.15) is 0 Å². The van der Waals surface area contributed by atoms with E-state index in [9.17, 15) is 0 Å². The van der Waals surface area contributed by atoms with E-state index in [1.807, 2.05) is 61.5 Å². The summed E-state index contributed by atoms with van der Waals surface area (Å²) in [7, 11) is 0. The van der Waals surface area contributed by atoms with Crippen molar-refractivity contribution in [3.05, 3.63) is 60.2 Å². The van der Waals surface area contributed by atoms with Gasteiger partial charge in [-0.05, 0) is 50.3 Å². The van der Waals surface area contributed by atoms with Crippen LogP contribution in [0.1, 0.15) is 12.5 Å². The molecule has 2 aromatic carbocycles. The Kier molecular flexibility index (Phi) is 5.58. The minimum Gasteiger partial charge on any atom is -0.491 e. The highest BCUT2D eigenvalue weighted by molar-refractivity contribution is 7.80. The molecule has 0 aliphatic heterocycles. The maximum Gasteiger partial charge on any atom is 0.171 e. The lowest BCUT2D eigenvalue weighted by Gasteiger charge is -2.17. The molecule has 0 fully saturated rings. The molecule has 2 aromatic rings. The van der Waals surface area contributed by atoms with Crippen molar-refractivity contribution in [2.24, 2.45) is 0 Å². The van der Waals surface area contributed by atoms with Gasteiger partial charge < -0.3 is 15.4 Å². The zero-order chi connectivity index (χ0) is 15.1. The van der Waals surface area contributed by atoms with Gasteiger partial charge in [0.05, 0.1) is 6.04 Å². The molecule has 3 nitrogen and oxygen atoms in total. The Bertz CT molecular complexity index is 569. The van der Waals surface area contributed by atoms with Crippen LogP contribution >= 0.6 is 12.2 Å². The molecule has 4 heteroatoms. The molecule has 110 valence electrons. The second-order valence-electron chi connectivity index (χ2n) is 4.99. The first kappa shape index (κ1) is 15.3. The van der Waals surface area contributed by atoms with Gasteiger partial charge in [0.15, 0.2) is 5.11 Å². The van der Waals surface area contributed by atoms with Crippen molar-refractivity contribution in [1.82, 2.24) is 5.32 Å². The minimum absolute atomic E-state index is 0.121. The first-order valence-corrected chi connectivity index (χ1v) is 7.36. The molecule has 1 unspecified atom stereocenters. The van der Waals surface area contributed by atoms with Crippen LogP contribution in [0.3, 0.4) is 0 Å². The number of anilines is 1. The third kappa shape index (κ3) is 5.44. The number of rotatable bonds is 5. The number of ether oxygens (including phenoxy) is 1. The maximum atomic E-state index is 5.68. The predicted octanol–water partition coefficient (Wildman–Crippen LogP) is 3.75. The molecule has 0 aliphatic rings. The average molecular weight is 300 g/mol. The zero-order valence-corrected chi connectivity index (χ0v) is 13.1. The molecule has 0 spiro atoms. The van der Waals surface area contributed by atoms with E-state index in [1.165, 1.54) is 5.56 Å². The summed E-state index contributed by atoms with van der Waals surface area (Å²) in [6, 6.07) is 18.0. The number of thiocarbonyl (C=S) groups is 1. The summed E-state index contributed by atoms with van der Waals surface area (Å²) in [5, 5.41) is 6.97. The van der Waals surface area contributed by atoms with Crippen molar-refractivity contribution in [3.63, 3.8) is 0 Å². The Morgan fingerprint density at radius 1 is 1.10 bits per heavy atom. The number of para-hydroxylation sites is 1. The molecule has 0 radical (unpaired) electrons. The Morgan fingerprint density at radius 2 is 1.76 bits per heavy atom. The van der Waals surface area contributed by atoms with Crippen LogP contribution in [0.5, 0.6) is 5.75 Å². The van der Waals surface area contributed by atoms with Gasteiger partial charge in [0.25, 0.3) is 0 Å². The van der Waals surface area contributed by atoms with Crippen LogP contribution in [-0.4, -0.2) is 17.8 Å². The van der Waals surface area contributed by atoms with E-state index in [0.717, 1.165) is 11.4 Å². The van der Waals surface area contributed by atoms with Gasteiger partial charge in [-0.3, -0.25) is 0 Å². The molecular weight excluding hydrogens is 280 g/mol. The summed E-state index contributed by atoms with van der Waals surface area (Å²) in [4.78, 5) is 0. The molecule has 1 atom stereocenters. The Labute approximate surface area is 131 Å². The lowest BCUT2D eigenvalue weighted by atomic mass is 10.2. The van der Waals surface area contributed by atoms with Crippen LogP contribution in [-0.2, 0) is 0 Å². The molecule has 0 aliphatic carbocycles. The fourth-order valence-electron chi connectivity index (χ4n) is 1.81. The van der Waals surface area contributed by atoms with Crippen molar-refractivity contribution in [2.45, 2.75) is 19.9 Å². The minimum atomic E-state index is 0.121. The molecule has 0 bridgehead atoms. The second kappa shape index (κ2) is 7.64. The Hall–Kier alpha value is -2.07. The SMILES string of the molecule is Cc1ccc(NC(=S)NC(C)COc2ccccc2)cc1. The van der Waals surface area contributed by atoms with Crippen LogP contribution in [0.15, 0.2) is 54.6 Å². The first-order valence-electron chi connectivity index (χ1n) is 6.95. The highest BCUT2D eigenvalue weighted by atomic mass is 32.1. The summed E-state index contributed by atoms with van der Waals surface area (Å²) in [6.45, 7) is 4.65. The maximum absolute atomic E-state index is 5.68. The van der Waals surface area contributed by atoms with Crippen molar-refractivity contribution in [3.8, 4) is 5.75 Å². The van der Waals surface area contributed by atoms with E-state index in [2.05, 4.69) is 17.6 Å². The van der Waals surface area contributed by atoms with Crippen molar-refractivity contribution in [2.75, 3.05) is 11.9 Å². The van der Waals surface area contributed by atoms with Gasteiger partial charge >= 0.3 is 0 Å². The largest absolute Gasteiger partial charge is 0.491 e. The van der Waals surface area contributed by atoms with Crippen LogP contribution in [0.4, 0.5) is 5.69 Å². The third-order valence-corrected chi connectivity index (χ3v) is 3.15. The van der Waals surface area contributed by atoms with Crippen LogP contribution < -0.4 is 15.4 Å². The number of aryl methyl sites for hydroxylation is 1. The fraction of sp³-hybridized carbons (Fsp3) is 0.235. The van der Waals surface area contributed by atoms with Gasteiger partial charge in [0.1, 0.15) is 12.4 Å². The summed E-state index contributed by atoms with van der Waals surface area (Å²) in [6.07, 6.45) is 0. The van der Waals surface area contributed by atoms with Crippen molar-refractivity contribution >= 4 is 23.0 Å². The van der Waals surface area contributed by atoms with E-state index < -0.39 is 0 Å². The van der Waals surface area contributed by atoms with Crippen LogP contribution in [0.25, 0.3) is 0 Å². The number of hydrogen-bond acceptors (Lipinski definition) is 2.